The van der Waals surface area contributed by atoms with Gasteiger partial charge in [-0.3, -0.25) is 14.6 Å². The van der Waals surface area contributed by atoms with E-state index in [9.17, 15) is 22.8 Å². The van der Waals surface area contributed by atoms with Crippen LogP contribution in [0.2, 0.25) is 0 Å². The highest BCUT2D eigenvalue weighted by Crippen LogP contribution is 2.39. The zero-order chi connectivity index (χ0) is 27.3. The molecule has 16 heteroatoms. The normalized spacial score (nSPS) is 14.6. The Morgan fingerprint density at radius 2 is 1.90 bits per heavy atom. The molecule has 1 atom stereocenters. The number of nitrogens with one attached hydrogen (secondary N) is 2. The number of hydrogen-bond acceptors (Lipinski definition) is 8. The number of anilines is 1. The number of carbonyl (C=O) groups excluding carboxylic acids is 2. The van der Waals surface area contributed by atoms with Crippen molar-refractivity contribution >= 4 is 42.4 Å². The smallest absolute Gasteiger partial charge is 0.273 e. The van der Waals surface area contributed by atoms with Gasteiger partial charge in [-0.2, -0.15) is 5.10 Å². The Bertz CT molecular complexity index is 1290. The molecule has 11 nitrogen and oxygen atoms in total. The van der Waals surface area contributed by atoms with Crippen LogP contribution in [0.4, 0.5) is 19.0 Å². The molecule has 218 valence electrons. The fourth-order valence-electron chi connectivity index (χ4n) is 3.87. The van der Waals surface area contributed by atoms with Crippen molar-refractivity contribution < 1.29 is 27.5 Å². The number of alkyl halides is 3. The van der Waals surface area contributed by atoms with Crippen molar-refractivity contribution in [1.29, 1.82) is 0 Å². The first kappa shape index (κ1) is 32.7. The second-order valence-corrected chi connectivity index (χ2v) is 9.12. The molecule has 0 aliphatic heterocycles. The summed E-state index contributed by atoms with van der Waals surface area (Å²) >= 11 is 0. The van der Waals surface area contributed by atoms with Gasteiger partial charge < -0.3 is 15.4 Å². The van der Waals surface area contributed by atoms with Gasteiger partial charge in [0.25, 0.3) is 11.8 Å². The zero-order valence-corrected chi connectivity index (χ0v) is 23.3. The molecule has 1 fully saturated rings. The summed E-state index contributed by atoms with van der Waals surface area (Å²) in [6.07, 6.45) is -0.695. The van der Waals surface area contributed by atoms with E-state index in [1.165, 1.54) is 17.9 Å². The number of rotatable bonds is 11. The molecule has 1 unspecified atom stereocenters. The standard InChI is InChI=1S/C24H27F3N8O3.2ClH/c1-14-7-18(38-19-10-24(26,27)11-19)8-17(29-14)9-22(36)30-21-6-5-16(31-33-21)4-3-15(25)12-35-13-20(32-34-35)23(37)28-2;;/h5-8,13,15,19H,3-4,9-12H2,1-2H3,(H,28,37)(H,30,33,36);2*1H. The average molecular weight is 605 g/mol. The third kappa shape index (κ3) is 9.30. The van der Waals surface area contributed by atoms with Crippen LogP contribution < -0.4 is 15.4 Å². The van der Waals surface area contributed by atoms with Crippen LogP contribution in [0.5, 0.6) is 5.75 Å². The second kappa shape index (κ2) is 14.2. The molecule has 0 bridgehead atoms. The average Bonchev–Trinajstić information content (AvgIpc) is 3.30. The fourth-order valence-corrected chi connectivity index (χ4v) is 3.87. The molecule has 0 aromatic carbocycles. The maximum atomic E-state index is 14.4. The number of aromatic nitrogens is 6. The van der Waals surface area contributed by atoms with E-state index in [1.807, 2.05) is 0 Å². The number of aryl methyl sites for hydroxylation is 2. The minimum absolute atomic E-state index is 0. The highest BCUT2D eigenvalue weighted by molar-refractivity contribution is 5.91. The quantitative estimate of drug-likeness (QED) is 0.340. The Hall–Kier alpha value is -3.52. The van der Waals surface area contributed by atoms with E-state index in [1.54, 1.807) is 31.2 Å². The molecule has 40 heavy (non-hydrogen) atoms. The summed E-state index contributed by atoms with van der Waals surface area (Å²) in [5, 5.41) is 20.5. The molecule has 3 aromatic rings. The van der Waals surface area contributed by atoms with Crippen LogP contribution in [0.1, 0.15) is 46.8 Å². The highest BCUT2D eigenvalue weighted by atomic mass is 35.5. The molecular formula is C24H29Cl2F3N8O3. The summed E-state index contributed by atoms with van der Waals surface area (Å²) < 4.78 is 47.3. The largest absolute Gasteiger partial charge is 0.490 e. The lowest BCUT2D eigenvalue weighted by molar-refractivity contribution is -0.134. The number of pyridine rings is 1. The van der Waals surface area contributed by atoms with E-state index in [0.717, 1.165) is 0 Å². The lowest BCUT2D eigenvalue weighted by Gasteiger charge is -2.34. The van der Waals surface area contributed by atoms with Crippen LogP contribution in [-0.4, -0.2) is 67.2 Å². The first-order valence-corrected chi connectivity index (χ1v) is 12.0. The Kier molecular flexibility index (Phi) is 11.6. The molecule has 1 aliphatic rings. The molecule has 1 aliphatic carbocycles. The maximum Gasteiger partial charge on any atom is 0.273 e. The number of halogens is 5. The predicted molar refractivity (Wildman–Crippen MR) is 143 cm³/mol. The van der Waals surface area contributed by atoms with Gasteiger partial charge in [0.05, 0.1) is 30.6 Å². The lowest BCUT2D eigenvalue weighted by Crippen LogP contribution is -2.43. The Balaban J connectivity index is 0.00000280. The summed E-state index contributed by atoms with van der Waals surface area (Å²) in [4.78, 5) is 28.3. The molecule has 0 radical (unpaired) electrons. The molecule has 0 spiro atoms. The zero-order valence-electron chi connectivity index (χ0n) is 21.6. The number of hydrogen-bond donors (Lipinski definition) is 2. The maximum absolute atomic E-state index is 14.4. The number of carbonyl (C=O) groups is 2. The minimum Gasteiger partial charge on any atom is -0.490 e. The van der Waals surface area contributed by atoms with Crippen LogP contribution >= 0.6 is 24.8 Å². The van der Waals surface area contributed by atoms with Crippen LogP contribution in [-0.2, 0) is 24.2 Å². The highest BCUT2D eigenvalue weighted by Gasteiger charge is 2.47. The van der Waals surface area contributed by atoms with Gasteiger partial charge in [-0.25, -0.2) is 17.9 Å². The monoisotopic (exact) mass is 604 g/mol. The van der Waals surface area contributed by atoms with Gasteiger partial charge in [0, 0.05) is 37.7 Å². The number of nitrogens with zero attached hydrogens (tertiary/aromatic N) is 6. The van der Waals surface area contributed by atoms with Gasteiger partial charge in [0.1, 0.15) is 18.0 Å². The van der Waals surface area contributed by atoms with Crippen LogP contribution in [0.15, 0.2) is 30.5 Å². The van der Waals surface area contributed by atoms with E-state index < -0.39 is 24.1 Å². The van der Waals surface area contributed by atoms with Gasteiger partial charge in [-0.05, 0) is 31.9 Å². The van der Waals surface area contributed by atoms with Crippen molar-refractivity contribution in [3.8, 4) is 5.75 Å². The van der Waals surface area contributed by atoms with E-state index in [4.69, 9.17) is 4.74 Å². The Morgan fingerprint density at radius 3 is 2.55 bits per heavy atom. The Morgan fingerprint density at radius 1 is 1.15 bits per heavy atom. The molecule has 2 N–H and O–H groups in total. The topological polar surface area (TPSA) is 137 Å². The minimum atomic E-state index is -2.68. The number of amides is 2. The van der Waals surface area contributed by atoms with Crippen molar-refractivity contribution in [2.75, 3.05) is 12.4 Å². The van der Waals surface area contributed by atoms with Crippen molar-refractivity contribution in [2.45, 2.75) is 63.8 Å². The molecular weight excluding hydrogens is 576 g/mol. The van der Waals surface area contributed by atoms with Crippen molar-refractivity contribution in [1.82, 2.24) is 35.5 Å². The van der Waals surface area contributed by atoms with Gasteiger partial charge in [0.15, 0.2) is 11.5 Å². The second-order valence-electron chi connectivity index (χ2n) is 9.12. The predicted octanol–water partition coefficient (Wildman–Crippen LogP) is 3.30. The third-order valence-corrected chi connectivity index (χ3v) is 5.76. The van der Waals surface area contributed by atoms with Crippen molar-refractivity contribution in [2.24, 2.45) is 0 Å². The summed E-state index contributed by atoms with van der Waals surface area (Å²) in [5.74, 6) is -2.86. The summed E-state index contributed by atoms with van der Waals surface area (Å²) in [5.41, 5.74) is 1.68. The summed E-state index contributed by atoms with van der Waals surface area (Å²) in [6.45, 7) is 1.67. The summed E-state index contributed by atoms with van der Waals surface area (Å²) in [6, 6.07) is 6.40. The fraction of sp³-hybridized carbons (Fsp3) is 0.458. The SMILES string of the molecule is CNC(=O)c1cn(CC(F)CCc2ccc(NC(=O)Cc3cc(OC4CC(F)(F)C4)cc(C)n3)nn2)nn1.Cl.Cl. The molecule has 4 rings (SSSR count). The van der Waals surface area contributed by atoms with Gasteiger partial charge in [0.2, 0.25) is 5.91 Å². The van der Waals surface area contributed by atoms with Crippen LogP contribution in [0.3, 0.4) is 0 Å². The number of ether oxygens (including phenoxy) is 1. The van der Waals surface area contributed by atoms with E-state index in [-0.39, 0.29) is 74.5 Å². The third-order valence-electron chi connectivity index (χ3n) is 5.76. The van der Waals surface area contributed by atoms with E-state index in [0.29, 0.717) is 29.3 Å². The van der Waals surface area contributed by atoms with Crippen molar-refractivity contribution in [3.63, 3.8) is 0 Å². The molecule has 0 saturated heterocycles. The molecule has 2 amide bonds. The lowest BCUT2D eigenvalue weighted by atomic mass is 9.91. The van der Waals surface area contributed by atoms with Crippen LogP contribution in [0.25, 0.3) is 0 Å². The summed E-state index contributed by atoms with van der Waals surface area (Å²) in [7, 11) is 1.47. The Labute approximate surface area is 240 Å². The molecule has 1 saturated carbocycles. The molecule has 3 heterocycles. The van der Waals surface area contributed by atoms with Gasteiger partial charge >= 0.3 is 0 Å². The van der Waals surface area contributed by atoms with E-state index in [2.05, 4.69) is 36.1 Å². The first-order valence-electron chi connectivity index (χ1n) is 12.0. The first-order chi connectivity index (χ1) is 18.1. The van der Waals surface area contributed by atoms with Gasteiger partial charge in [-0.1, -0.05) is 5.21 Å². The van der Waals surface area contributed by atoms with Gasteiger partial charge in [-0.15, -0.1) is 35.0 Å². The van der Waals surface area contributed by atoms with Crippen LogP contribution in [0, 0.1) is 6.92 Å². The van der Waals surface area contributed by atoms with E-state index >= 15 is 0 Å². The van der Waals surface area contributed by atoms with Crippen molar-refractivity contribution in [3.05, 3.63) is 53.2 Å². The molecule has 3 aromatic heterocycles.